The first kappa shape index (κ1) is 22.1. The molecule has 1 aliphatic carbocycles. The van der Waals surface area contributed by atoms with Crippen molar-refractivity contribution in [3.05, 3.63) is 65.6 Å². The molecule has 3 aromatic rings. The molecule has 2 aliphatic rings. The molecule has 34 heavy (non-hydrogen) atoms. The van der Waals surface area contributed by atoms with Crippen LogP contribution in [0.15, 0.2) is 48.9 Å². The number of rotatable bonds is 5. The predicted molar refractivity (Wildman–Crippen MR) is 125 cm³/mol. The van der Waals surface area contributed by atoms with Gasteiger partial charge in [-0.1, -0.05) is 0 Å². The summed E-state index contributed by atoms with van der Waals surface area (Å²) in [6.45, 7) is 1.37. The highest BCUT2D eigenvalue weighted by atomic mass is 16.7. The molecule has 8 nitrogen and oxygen atoms in total. The van der Waals surface area contributed by atoms with Crippen molar-refractivity contribution in [2.24, 2.45) is 17.6 Å². The Kier molecular flexibility index (Phi) is 6.03. The molecule has 1 atom stereocenters. The molecule has 1 aliphatic heterocycles. The lowest BCUT2D eigenvalue weighted by Crippen LogP contribution is -2.37. The molecule has 8 heteroatoms. The van der Waals surface area contributed by atoms with Crippen molar-refractivity contribution in [2.45, 2.75) is 44.7 Å². The minimum absolute atomic E-state index is 0.0358. The zero-order valence-corrected chi connectivity index (χ0v) is 18.9. The van der Waals surface area contributed by atoms with Gasteiger partial charge >= 0.3 is 0 Å². The minimum Gasteiger partial charge on any atom is -0.366 e. The number of carbonyl (C=O) groups excluding carboxylic acids is 2. The third kappa shape index (κ3) is 4.27. The van der Waals surface area contributed by atoms with E-state index in [-0.39, 0.29) is 17.9 Å². The van der Waals surface area contributed by atoms with Crippen LogP contribution in [0.25, 0.3) is 10.9 Å². The number of hydrogen-bond donors (Lipinski definition) is 1. The molecule has 0 radical (unpaired) electrons. The Morgan fingerprint density at radius 2 is 1.94 bits per heavy atom. The Morgan fingerprint density at radius 3 is 2.71 bits per heavy atom. The van der Waals surface area contributed by atoms with E-state index in [2.05, 4.69) is 21.8 Å². The van der Waals surface area contributed by atoms with Crippen molar-refractivity contribution in [2.75, 3.05) is 6.61 Å². The zero-order valence-electron chi connectivity index (χ0n) is 18.9. The fourth-order valence-electron chi connectivity index (χ4n) is 5.25. The number of nitrogens with two attached hydrogens (primary N) is 1. The second-order valence-electron chi connectivity index (χ2n) is 9.24. The van der Waals surface area contributed by atoms with Gasteiger partial charge in [0.2, 0.25) is 11.8 Å². The third-order valence-corrected chi connectivity index (χ3v) is 7.10. The second-order valence-corrected chi connectivity index (χ2v) is 9.24. The van der Waals surface area contributed by atoms with Crippen LogP contribution >= 0.6 is 0 Å². The van der Waals surface area contributed by atoms with E-state index in [0.29, 0.717) is 30.1 Å². The summed E-state index contributed by atoms with van der Waals surface area (Å²) in [5.74, 6) is 0.0513. The summed E-state index contributed by atoms with van der Waals surface area (Å²) in [7, 11) is 0. The number of fused-ring (bicyclic) bond motifs is 1. The minimum atomic E-state index is -0.420. The van der Waals surface area contributed by atoms with Crippen molar-refractivity contribution in [3.8, 4) is 6.07 Å². The molecule has 174 valence electrons. The molecule has 1 aromatic carbocycles. The number of carbonyl (C=O) groups is 2. The number of hydroxylamine groups is 2. The maximum atomic E-state index is 13.3. The fraction of sp³-hybridized carbons (Fsp3) is 0.385. The van der Waals surface area contributed by atoms with Gasteiger partial charge in [-0.15, -0.1) is 0 Å². The van der Waals surface area contributed by atoms with Crippen LogP contribution < -0.4 is 5.73 Å². The van der Waals surface area contributed by atoms with E-state index in [4.69, 9.17) is 10.6 Å². The first-order valence-corrected chi connectivity index (χ1v) is 11.7. The van der Waals surface area contributed by atoms with Crippen LogP contribution in [0.4, 0.5) is 0 Å². The van der Waals surface area contributed by atoms with Gasteiger partial charge < -0.3 is 10.3 Å². The second kappa shape index (κ2) is 9.27. The molecule has 0 unspecified atom stereocenters. The van der Waals surface area contributed by atoms with Gasteiger partial charge in [0.15, 0.2) is 0 Å². The summed E-state index contributed by atoms with van der Waals surface area (Å²) in [6, 6.07) is 11.3. The van der Waals surface area contributed by atoms with Crippen molar-refractivity contribution in [1.82, 2.24) is 14.6 Å². The van der Waals surface area contributed by atoms with Crippen LogP contribution in [0.3, 0.4) is 0 Å². The lowest BCUT2D eigenvalue weighted by molar-refractivity contribution is -0.183. The van der Waals surface area contributed by atoms with E-state index in [1.54, 1.807) is 18.3 Å². The van der Waals surface area contributed by atoms with Crippen LogP contribution in [-0.4, -0.2) is 33.0 Å². The Labute approximate surface area is 197 Å². The van der Waals surface area contributed by atoms with Crippen LogP contribution in [0.5, 0.6) is 0 Å². The van der Waals surface area contributed by atoms with Gasteiger partial charge in [-0.3, -0.25) is 19.4 Å². The molecule has 2 fully saturated rings. The molecule has 2 aromatic heterocycles. The molecule has 2 amide bonds. The van der Waals surface area contributed by atoms with Gasteiger partial charge in [0.05, 0.1) is 18.2 Å². The Morgan fingerprint density at radius 1 is 1.12 bits per heavy atom. The van der Waals surface area contributed by atoms with Gasteiger partial charge in [-0.05, 0) is 67.5 Å². The molecular formula is C26H27N5O3. The average Bonchev–Trinajstić information content (AvgIpc) is 3.51. The quantitative estimate of drug-likeness (QED) is 0.627. The highest BCUT2D eigenvalue weighted by molar-refractivity contribution is 5.97. The largest absolute Gasteiger partial charge is 0.366 e. The highest BCUT2D eigenvalue weighted by Gasteiger charge is 2.37. The smallest absolute Gasteiger partial charge is 0.249 e. The number of benzene rings is 1. The van der Waals surface area contributed by atoms with E-state index < -0.39 is 5.91 Å². The van der Waals surface area contributed by atoms with Crippen LogP contribution in [0.1, 0.15) is 59.6 Å². The summed E-state index contributed by atoms with van der Waals surface area (Å²) in [5, 5.41) is 11.7. The zero-order chi connectivity index (χ0) is 23.7. The number of amides is 2. The van der Waals surface area contributed by atoms with Crippen molar-refractivity contribution in [3.63, 3.8) is 0 Å². The van der Waals surface area contributed by atoms with Crippen LogP contribution in [0.2, 0.25) is 0 Å². The Bertz CT molecular complexity index is 1270. The van der Waals surface area contributed by atoms with Gasteiger partial charge in [0.25, 0.3) is 0 Å². The van der Waals surface area contributed by atoms with Crippen molar-refractivity contribution >= 4 is 22.7 Å². The third-order valence-electron chi connectivity index (χ3n) is 7.10. The molecular weight excluding hydrogens is 430 g/mol. The SMILES string of the molecule is N#Cc1cncc([C@@H]2CCON2C(=O)[C@H]2CC[C@H](Cn3ccc4cc(C(N)=O)ccc43)CC2)c1. The van der Waals surface area contributed by atoms with E-state index in [9.17, 15) is 14.9 Å². The topological polar surface area (TPSA) is 114 Å². The summed E-state index contributed by atoms with van der Waals surface area (Å²) >= 11 is 0. The molecule has 2 N–H and O–H groups in total. The maximum absolute atomic E-state index is 13.3. The monoisotopic (exact) mass is 457 g/mol. The van der Waals surface area contributed by atoms with Crippen LogP contribution in [0, 0.1) is 23.2 Å². The van der Waals surface area contributed by atoms with Crippen molar-refractivity contribution < 1.29 is 14.4 Å². The molecule has 5 rings (SSSR count). The lowest BCUT2D eigenvalue weighted by Gasteiger charge is -2.32. The molecule has 1 saturated heterocycles. The average molecular weight is 458 g/mol. The Balaban J connectivity index is 1.21. The summed E-state index contributed by atoms with van der Waals surface area (Å²) in [4.78, 5) is 34.6. The van der Waals surface area contributed by atoms with Crippen molar-refractivity contribution in [1.29, 1.82) is 5.26 Å². The van der Waals surface area contributed by atoms with E-state index in [1.165, 1.54) is 11.3 Å². The Hall–Kier alpha value is -3.70. The fourth-order valence-corrected chi connectivity index (χ4v) is 5.25. The number of nitrogens with zero attached hydrogens (tertiary/aromatic N) is 4. The first-order chi connectivity index (χ1) is 16.5. The van der Waals surface area contributed by atoms with Gasteiger partial charge in [0.1, 0.15) is 6.07 Å². The van der Waals surface area contributed by atoms with E-state index >= 15 is 0 Å². The van der Waals surface area contributed by atoms with E-state index in [1.807, 2.05) is 18.2 Å². The standard InChI is InChI=1S/C26H27N5O3/c27-13-18-11-22(15-29-14-18)24-8-10-34-31(24)26(33)19-3-1-17(2-4-19)16-30-9-7-20-12-21(25(28)32)5-6-23(20)30/h5-7,9,11-12,14-15,17,19,24H,1-4,8,10,16H2,(H2,28,32)/t17-,19-,24-/m0/s1. The molecule has 1 saturated carbocycles. The molecule has 3 heterocycles. The first-order valence-electron chi connectivity index (χ1n) is 11.7. The normalized spacial score (nSPS) is 22.6. The number of primary amides is 1. The number of pyridine rings is 1. The summed E-state index contributed by atoms with van der Waals surface area (Å²) in [6.07, 6.45) is 9.60. The molecule has 0 spiro atoms. The highest BCUT2D eigenvalue weighted by Crippen LogP contribution is 2.37. The van der Waals surface area contributed by atoms with Gasteiger partial charge in [-0.2, -0.15) is 5.26 Å². The van der Waals surface area contributed by atoms with Crippen LogP contribution in [-0.2, 0) is 16.2 Å². The summed E-state index contributed by atoms with van der Waals surface area (Å²) in [5.41, 5.74) is 8.33. The number of aromatic nitrogens is 2. The van der Waals surface area contributed by atoms with Gasteiger partial charge in [-0.25, -0.2) is 5.06 Å². The maximum Gasteiger partial charge on any atom is 0.249 e. The number of nitriles is 1. The number of hydrogen-bond acceptors (Lipinski definition) is 5. The summed E-state index contributed by atoms with van der Waals surface area (Å²) < 4.78 is 2.22. The van der Waals surface area contributed by atoms with E-state index in [0.717, 1.165) is 48.7 Å². The van der Waals surface area contributed by atoms with Gasteiger partial charge in [0, 0.05) is 53.9 Å². The predicted octanol–water partition coefficient (Wildman–Crippen LogP) is 3.72. The molecule has 0 bridgehead atoms. The lowest BCUT2D eigenvalue weighted by atomic mass is 9.81.